The smallest absolute Gasteiger partial charge is 0.211 e. The molecule has 102 valence electrons. The maximum Gasteiger partial charge on any atom is 0.211 e. The molecule has 0 saturated heterocycles. The van der Waals surface area contributed by atoms with E-state index in [-0.39, 0.29) is 22.6 Å². The lowest BCUT2D eigenvalue weighted by Gasteiger charge is -2.45. The molecule has 0 amide bonds. The Morgan fingerprint density at radius 3 is 2.00 bits per heavy atom. The molecule has 1 rings (SSSR count). The second-order valence-corrected chi connectivity index (χ2v) is 8.92. The van der Waals surface area contributed by atoms with E-state index in [2.05, 4.69) is 32.4 Å². The van der Waals surface area contributed by atoms with E-state index >= 15 is 0 Å². The second kappa shape index (κ2) is 4.88. The van der Waals surface area contributed by atoms with Gasteiger partial charge in [0.1, 0.15) is 0 Å². The third-order valence-corrected chi connectivity index (χ3v) is 5.01. The molecule has 0 bridgehead atoms. The summed E-state index contributed by atoms with van der Waals surface area (Å²) in [6.45, 7) is 10.8. The highest BCUT2D eigenvalue weighted by molar-refractivity contribution is 7.89. The molecular formula is C13H27NO2S. The fourth-order valence-corrected chi connectivity index (χ4v) is 4.84. The zero-order valence-electron chi connectivity index (χ0n) is 11.8. The van der Waals surface area contributed by atoms with Crippen molar-refractivity contribution in [2.45, 2.75) is 66.3 Å². The average molecular weight is 261 g/mol. The molecule has 0 heterocycles. The van der Waals surface area contributed by atoms with Crippen molar-refractivity contribution in [3.8, 4) is 0 Å². The molecular weight excluding hydrogens is 234 g/mol. The Labute approximate surface area is 106 Å². The van der Waals surface area contributed by atoms with Gasteiger partial charge in [0.25, 0.3) is 0 Å². The SMILES string of the molecule is CCCS(=O)(=O)NC1CC(C)(C)CC(C)(C)C1. The van der Waals surface area contributed by atoms with Gasteiger partial charge in [-0.05, 0) is 36.5 Å². The third-order valence-electron chi connectivity index (χ3n) is 3.37. The molecule has 4 heteroatoms. The molecule has 0 aromatic rings. The van der Waals surface area contributed by atoms with Crippen LogP contribution in [0.4, 0.5) is 0 Å². The summed E-state index contributed by atoms with van der Waals surface area (Å²) in [5.41, 5.74) is 0.447. The quantitative estimate of drug-likeness (QED) is 0.845. The van der Waals surface area contributed by atoms with Gasteiger partial charge in [-0.2, -0.15) is 0 Å². The van der Waals surface area contributed by atoms with E-state index in [9.17, 15) is 8.42 Å². The van der Waals surface area contributed by atoms with Gasteiger partial charge < -0.3 is 0 Å². The van der Waals surface area contributed by atoms with Crippen molar-refractivity contribution in [1.29, 1.82) is 0 Å². The fraction of sp³-hybridized carbons (Fsp3) is 1.00. The lowest BCUT2D eigenvalue weighted by Crippen LogP contribution is -2.46. The van der Waals surface area contributed by atoms with Gasteiger partial charge in [-0.1, -0.05) is 34.6 Å². The van der Waals surface area contributed by atoms with Crippen LogP contribution >= 0.6 is 0 Å². The van der Waals surface area contributed by atoms with Crippen molar-refractivity contribution in [1.82, 2.24) is 4.72 Å². The van der Waals surface area contributed by atoms with Gasteiger partial charge >= 0.3 is 0 Å². The molecule has 1 aliphatic carbocycles. The van der Waals surface area contributed by atoms with Gasteiger partial charge in [0.15, 0.2) is 0 Å². The van der Waals surface area contributed by atoms with E-state index in [1.54, 1.807) is 0 Å². The van der Waals surface area contributed by atoms with Crippen molar-refractivity contribution in [3.63, 3.8) is 0 Å². The molecule has 0 atom stereocenters. The van der Waals surface area contributed by atoms with Crippen LogP contribution < -0.4 is 4.72 Å². The van der Waals surface area contributed by atoms with Crippen LogP contribution in [0.1, 0.15) is 60.3 Å². The Hall–Kier alpha value is -0.0900. The van der Waals surface area contributed by atoms with E-state index in [1.165, 1.54) is 0 Å². The molecule has 17 heavy (non-hydrogen) atoms. The van der Waals surface area contributed by atoms with E-state index in [4.69, 9.17) is 0 Å². The molecule has 0 aliphatic heterocycles. The Balaban J connectivity index is 2.72. The average Bonchev–Trinajstić information content (AvgIpc) is 1.94. The third kappa shape index (κ3) is 4.96. The minimum atomic E-state index is -3.08. The van der Waals surface area contributed by atoms with Crippen molar-refractivity contribution in [2.24, 2.45) is 10.8 Å². The number of hydrogen-bond donors (Lipinski definition) is 1. The maximum absolute atomic E-state index is 11.8. The number of sulfonamides is 1. The zero-order chi connectivity index (χ0) is 13.3. The number of hydrogen-bond acceptors (Lipinski definition) is 2. The van der Waals surface area contributed by atoms with Crippen LogP contribution in [0, 0.1) is 10.8 Å². The van der Waals surface area contributed by atoms with Crippen molar-refractivity contribution < 1.29 is 8.42 Å². The molecule has 0 aromatic heterocycles. The largest absolute Gasteiger partial charge is 0.212 e. The summed E-state index contributed by atoms with van der Waals surface area (Å²) in [5, 5.41) is 0. The highest BCUT2D eigenvalue weighted by Gasteiger charge is 2.39. The van der Waals surface area contributed by atoms with Crippen LogP contribution in [-0.4, -0.2) is 20.2 Å². The van der Waals surface area contributed by atoms with Crippen LogP contribution in [0.5, 0.6) is 0 Å². The van der Waals surface area contributed by atoms with Crippen molar-refractivity contribution >= 4 is 10.0 Å². The van der Waals surface area contributed by atoms with Crippen molar-refractivity contribution in [2.75, 3.05) is 5.75 Å². The molecule has 1 saturated carbocycles. The highest BCUT2D eigenvalue weighted by Crippen LogP contribution is 2.45. The first-order valence-electron chi connectivity index (χ1n) is 6.55. The van der Waals surface area contributed by atoms with Gasteiger partial charge in [0.05, 0.1) is 5.75 Å². The first-order valence-corrected chi connectivity index (χ1v) is 8.20. The van der Waals surface area contributed by atoms with Crippen LogP contribution in [-0.2, 0) is 10.0 Å². The fourth-order valence-electron chi connectivity index (χ4n) is 3.51. The normalized spacial score (nSPS) is 24.8. The van der Waals surface area contributed by atoms with E-state index in [0.717, 1.165) is 19.3 Å². The van der Waals surface area contributed by atoms with E-state index in [1.807, 2.05) is 6.92 Å². The molecule has 3 nitrogen and oxygen atoms in total. The van der Waals surface area contributed by atoms with Crippen LogP contribution in [0.25, 0.3) is 0 Å². The summed E-state index contributed by atoms with van der Waals surface area (Å²) in [4.78, 5) is 0. The summed E-state index contributed by atoms with van der Waals surface area (Å²) in [5.74, 6) is 0.240. The monoisotopic (exact) mass is 261 g/mol. The summed E-state index contributed by atoms with van der Waals surface area (Å²) < 4.78 is 26.5. The Morgan fingerprint density at radius 1 is 1.12 bits per heavy atom. The molecule has 0 spiro atoms. The molecule has 1 fully saturated rings. The summed E-state index contributed by atoms with van der Waals surface area (Å²) in [7, 11) is -3.08. The predicted octanol–water partition coefficient (Wildman–Crippen LogP) is 2.92. The lowest BCUT2D eigenvalue weighted by molar-refractivity contribution is 0.0934. The first-order chi connectivity index (χ1) is 7.55. The minimum absolute atomic E-state index is 0.102. The second-order valence-electron chi connectivity index (χ2n) is 7.05. The topological polar surface area (TPSA) is 46.2 Å². The van der Waals surface area contributed by atoms with Crippen LogP contribution in [0.2, 0.25) is 0 Å². The lowest BCUT2D eigenvalue weighted by atomic mass is 9.64. The van der Waals surface area contributed by atoms with Crippen LogP contribution in [0.3, 0.4) is 0 Å². The molecule has 0 radical (unpaired) electrons. The summed E-state index contributed by atoms with van der Waals surface area (Å²) in [6, 6.07) is 0.102. The molecule has 0 unspecified atom stereocenters. The molecule has 0 aromatic carbocycles. The van der Waals surface area contributed by atoms with Crippen LogP contribution in [0.15, 0.2) is 0 Å². The van der Waals surface area contributed by atoms with Gasteiger partial charge in [0, 0.05) is 6.04 Å². The van der Waals surface area contributed by atoms with Gasteiger partial charge in [-0.15, -0.1) is 0 Å². The number of nitrogens with one attached hydrogen (secondary N) is 1. The highest BCUT2D eigenvalue weighted by atomic mass is 32.2. The van der Waals surface area contributed by atoms with Gasteiger partial charge in [0.2, 0.25) is 10.0 Å². The van der Waals surface area contributed by atoms with Crippen molar-refractivity contribution in [3.05, 3.63) is 0 Å². The van der Waals surface area contributed by atoms with E-state index in [0.29, 0.717) is 6.42 Å². The zero-order valence-corrected chi connectivity index (χ0v) is 12.7. The summed E-state index contributed by atoms with van der Waals surface area (Å²) >= 11 is 0. The molecule has 1 N–H and O–H groups in total. The van der Waals surface area contributed by atoms with E-state index < -0.39 is 10.0 Å². The Bertz CT molecular complexity index is 342. The van der Waals surface area contributed by atoms with Gasteiger partial charge in [-0.25, -0.2) is 13.1 Å². The molecule has 1 aliphatic rings. The predicted molar refractivity (Wildman–Crippen MR) is 72.4 cm³/mol. The number of rotatable bonds is 4. The maximum atomic E-state index is 11.8. The summed E-state index contributed by atoms with van der Waals surface area (Å²) in [6.07, 6.45) is 3.72. The Kier molecular flexibility index (Phi) is 4.30. The standard InChI is InChI=1S/C13H27NO2S/c1-6-7-17(15,16)14-11-8-12(2,3)10-13(4,5)9-11/h11,14H,6-10H2,1-5H3. The van der Waals surface area contributed by atoms with Gasteiger partial charge in [-0.3, -0.25) is 0 Å². The first kappa shape index (κ1) is 15.0. The minimum Gasteiger partial charge on any atom is -0.212 e. The Morgan fingerprint density at radius 2 is 1.59 bits per heavy atom.